The molecule has 1 aliphatic carbocycles. The van der Waals surface area contributed by atoms with Crippen molar-refractivity contribution in [1.82, 2.24) is 10.6 Å². The molecule has 28 heavy (non-hydrogen) atoms. The summed E-state index contributed by atoms with van der Waals surface area (Å²) in [5.74, 6) is -0.370. The van der Waals surface area contributed by atoms with E-state index in [1.165, 1.54) is 5.56 Å². The fraction of sp³-hybridized carbons (Fsp3) is 0.650. The number of fused-ring (bicyclic) bond motifs is 1. The molecule has 0 radical (unpaired) electrons. The summed E-state index contributed by atoms with van der Waals surface area (Å²) in [6.07, 6.45) is 4.91. The van der Waals surface area contributed by atoms with E-state index in [9.17, 15) is 13.2 Å². The fourth-order valence-electron chi connectivity index (χ4n) is 4.10. The Labute approximate surface area is 174 Å². The molecule has 2 aliphatic rings. The van der Waals surface area contributed by atoms with Crippen molar-refractivity contribution in [3.05, 3.63) is 29.3 Å². The molecule has 1 fully saturated rings. The molecule has 0 aromatic heterocycles. The van der Waals surface area contributed by atoms with Crippen molar-refractivity contribution < 1.29 is 17.9 Å². The van der Waals surface area contributed by atoms with Crippen molar-refractivity contribution >= 4 is 28.2 Å². The molecular formula is C20H31ClN2O4S. The molecule has 1 aromatic rings. The number of halogens is 1. The first kappa shape index (κ1) is 23.1. The average molecular weight is 431 g/mol. The molecular weight excluding hydrogens is 400 g/mol. The molecule has 0 spiro atoms. The first-order valence-electron chi connectivity index (χ1n) is 9.75. The highest BCUT2D eigenvalue weighted by molar-refractivity contribution is 7.91. The average Bonchev–Trinajstić information content (AvgIpc) is 3.14. The Morgan fingerprint density at radius 2 is 1.93 bits per heavy atom. The Bertz CT molecular complexity index is 771. The minimum atomic E-state index is -3.44. The summed E-state index contributed by atoms with van der Waals surface area (Å²) in [7, 11) is -1.77. The van der Waals surface area contributed by atoms with E-state index in [2.05, 4.69) is 10.6 Å². The van der Waals surface area contributed by atoms with Crippen LogP contribution in [0.25, 0.3) is 0 Å². The van der Waals surface area contributed by atoms with Crippen LogP contribution in [0.5, 0.6) is 0 Å². The third-order valence-corrected chi connectivity index (χ3v) is 7.52. The third kappa shape index (κ3) is 5.69. The van der Waals surface area contributed by atoms with E-state index in [1.807, 2.05) is 6.07 Å². The third-order valence-electron chi connectivity index (χ3n) is 5.80. The van der Waals surface area contributed by atoms with E-state index in [1.54, 1.807) is 19.2 Å². The number of piperidine rings is 1. The van der Waals surface area contributed by atoms with Crippen LogP contribution in [0, 0.1) is 5.41 Å². The van der Waals surface area contributed by atoms with Crippen molar-refractivity contribution in [3.63, 3.8) is 0 Å². The van der Waals surface area contributed by atoms with E-state index in [-0.39, 0.29) is 35.9 Å². The molecule has 1 aliphatic heterocycles. The summed E-state index contributed by atoms with van der Waals surface area (Å²) in [6.45, 7) is 2.94. The van der Waals surface area contributed by atoms with Gasteiger partial charge in [-0.3, -0.25) is 4.79 Å². The smallest absolute Gasteiger partial charge is 0.221 e. The molecule has 3 rings (SSSR count). The van der Waals surface area contributed by atoms with Crippen LogP contribution in [0.4, 0.5) is 0 Å². The van der Waals surface area contributed by atoms with E-state index in [0.717, 1.165) is 50.8 Å². The van der Waals surface area contributed by atoms with Crippen molar-refractivity contribution in [2.24, 2.45) is 5.41 Å². The maximum absolute atomic E-state index is 12.6. The van der Waals surface area contributed by atoms with Crippen LogP contribution in [-0.4, -0.2) is 53.4 Å². The fourth-order valence-corrected chi connectivity index (χ4v) is 5.38. The highest BCUT2D eigenvalue weighted by Crippen LogP contribution is 2.28. The van der Waals surface area contributed by atoms with Crippen molar-refractivity contribution in [1.29, 1.82) is 0 Å². The first-order chi connectivity index (χ1) is 12.9. The molecule has 1 aromatic carbocycles. The van der Waals surface area contributed by atoms with Gasteiger partial charge in [-0.2, -0.15) is 0 Å². The van der Waals surface area contributed by atoms with Gasteiger partial charge in [0.1, 0.15) is 0 Å². The Kier molecular flexibility index (Phi) is 8.30. The van der Waals surface area contributed by atoms with Gasteiger partial charge in [-0.25, -0.2) is 8.42 Å². The zero-order valence-corrected chi connectivity index (χ0v) is 18.1. The lowest BCUT2D eigenvalue weighted by molar-refractivity contribution is -0.121. The molecule has 2 N–H and O–H groups in total. The molecule has 1 heterocycles. The van der Waals surface area contributed by atoms with E-state index >= 15 is 0 Å². The van der Waals surface area contributed by atoms with Crippen LogP contribution in [0.3, 0.4) is 0 Å². The number of hydrogen-bond acceptors (Lipinski definition) is 5. The lowest BCUT2D eigenvalue weighted by Crippen LogP contribution is -2.47. The molecule has 8 heteroatoms. The van der Waals surface area contributed by atoms with Crippen molar-refractivity contribution in [2.75, 3.05) is 39.1 Å². The highest BCUT2D eigenvalue weighted by atomic mass is 35.5. The van der Waals surface area contributed by atoms with E-state index in [0.29, 0.717) is 18.0 Å². The van der Waals surface area contributed by atoms with Gasteiger partial charge in [-0.1, -0.05) is 6.07 Å². The zero-order chi connectivity index (χ0) is 19.3. The Hall–Kier alpha value is -1.15. The normalized spacial score (nSPS) is 18.2. The molecule has 6 nitrogen and oxygen atoms in total. The molecule has 0 bridgehead atoms. The topological polar surface area (TPSA) is 84.5 Å². The number of ether oxygens (including phenoxy) is 1. The second kappa shape index (κ2) is 10.1. The second-order valence-electron chi connectivity index (χ2n) is 7.81. The number of carbonyl (C=O) groups excluding carboxylic acids is 1. The Morgan fingerprint density at radius 3 is 2.64 bits per heavy atom. The van der Waals surface area contributed by atoms with Crippen molar-refractivity contribution in [3.8, 4) is 0 Å². The van der Waals surface area contributed by atoms with Crippen LogP contribution < -0.4 is 10.6 Å². The van der Waals surface area contributed by atoms with Gasteiger partial charge in [0.15, 0.2) is 9.84 Å². The van der Waals surface area contributed by atoms with Gasteiger partial charge in [0.2, 0.25) is 5.91 Å². The number of sulfone groups is 1. The van der Waals surface area contributed by atoms with Gasteiger partial charge in [0, 0.05) is 25.5 Å². The summed E-state index contributed by atoms with van der Waals surface area (Å²) in [4.78, 5) is 12.6. The predicted octanol–water partition coefficient (Wildman–Crippen LogP) is 1.89. The number of benzene rings is 1. The number of nitrogens with one attached hydrogen (secondary N) is 2. The van der Waals surface area contributed by atoms with Crippen LogP contribution in [-0.2, 0) is 32.2 Å². The van der Waals surface area contributed by atoms with Gasteiger partial charge in [0.05, 0.1) is 17.3 Å². The van der Waals surface area contributed by atoms with Crippen LogP contribution in [0.1, 0.15) is 36.8 Å². The monoisotopic (exact) mass is 430 g/mol. The first-order valence-corrected chi connectivity index (χ1v) is 11.4. The summed E-state index contributed by atoms with van der Waals surface area (Å²) < 4.78 is 30.5. The van der Waals surface area contributed by atoms with Crippen molar-refractivity contribution in [2.45, 2.75) is 43.4 Å². The Morgan fingerprint density at radius 1 is 1.21 bits per heavy atom. The molecule has 1 amide bonds. The summed E-state index contributed by atoms with van der Waals surface area (Å²) >= 11 is 0. The van der Waals surface area contributed by atoms with Gasteiger partial charge in [-0.15, -0.1) is 12.4 Å². The maximum atomic E-state index is 12.6. The molecule has 0 atom stereocenters. The van der Waals surface area contributed by atoms with Gasteiger partial charge >= 0.3 is 0 Å². The van der Waals surface area contributed by atoms with E-state index < -0.39 is 9.84 Å². The highest BCUT2D eigenvalue weighted by Gasteiger charge is 2.32. The molecule has 1 saturated heterocycles. The predicted molar refractivity (Wildman–Crippen MR) is 112 cm³/mol. The quantitative estimate of drug-likeness (QED) is 0.658. The minimum absolute atomic E-state index is 0. The largest absolute Gasteiger partial charge is 0.384 e. The van der Waals surface area contributed by atoms with Crippen LogP contribution >= 0.6 is 12.4 Å². The molecule has 0 unspecified atom stereocenters. The standard InChI is InChI=1S/C20H30N2O4S.ClH/c1-26-15-20(8-10-21-11-9-20)14-22-19(23)7-12-27(24,25)18-6-5-16-3-2-4-17(16)13-18;/h5-6,13,21H,2-4,7-12,14-15H2,1H3,(H,22,23);1H. The molecule has 0 saturated carbocycles. The number of rotatable bonds is 8. The maximum Gasteiger partial charge on any atom is 0.221 e. The van der Waals surface area contributed by atoms with Gasteiger partial charge < -0.3 is 15.4 Å². The number of amides is 1. The lowest BCUT2D eigenvalue weighted by Gasteiger charge is -2.37. The summed E-state index contributed by atoms with van der Waals surface area (Å²) in [5.41, 5.74) is 2.32. The second-order valence-corrected chi connectivity index (χ2v) is 9.92. The summed E-state index contributed by atoms with van der Waals surface area (Å²) in [5, 5.41) is 6.25. The number of aryl methyl sites for hydroxylation is 2. The SMILES string of the molecule is COCC1(CNC(=O)CCS(=O)(=O)c2ccc3c(c2)CCC3)CCNCC1.Cl. The van der Waals surface area contributed by atoms with Gasteiger partial charge in [0.25, 0.3) is 0 Å². The van der Waals surface area contributed by atoms with Crippen LogP contribution in [0.2, 0.25) is 0 Å². The summed E-state index contributed by atoms with van der Waals surface area (Å²) in [6, 6.07) is 5.39. The lowest BCUT2D eigenvalue weighted by atomic mass is 9.79. The van der Waals surface area contributed by atoms with E-state index in [4.69, 9.17) is 4.74 Å². The zero-order valence-electron chi connectivity index (χ0n) is 16.5. The number of methoxy groups -OCH3 is 1. The van der Waals surface area contributed by atoms with Crippen LogP contribution in [0.15, 0.2) is 23.1 Å². The number of carbonyl (C=O) groups is 1. The number of hydrogen-bond donors (Lipinski definition) is 2. The van der Waals surface area contributed by atoms with Gasteiger partial charge in [-0.05, 0) is 68.5 Å². The Balaban J connectivity index is 0.00000280. The molecule has 158 valence electrons. The minimum Gasteiger partial charge on any atom is -0.384 e.